The molecule has 2 aromatic rings. The van der Waals surface area contributed by atoms with Gasteiger partial charge in [-0.3, -0.25) is 4.79 Å². The van der Waals surface area contributed by atoms with E-state index in [1.165, 1.54) is 11.6 Å². The summed E-state index contributed by atoms with van der Waals surface area (Å²) >= 11 is 0. The van der Waals surface area contributed by atoms with Crippen molar-refractivity contribution in [3.8, 4) is 0 Å². The highest BCUT2D eigenvalue weighted by atomic mass is 16.6. The van der Waals surface area contributed by atoms with Crippen LogP contribution in [0.2, 0.25) is 0 Å². The van der Waals surface area contributed by atoms with Crippen LogP contribution in [0.25, 0.3) is 0 Å². The zero-order valence-corrected chi connectivity index (χ0v) is 9.03. The van der Waals surface area contributed by atoms with E-state index < -0.39 is 4.92 Å². The molecule has 0 radical (unpaired) electrons. The van der Waals surface area contributed by atoms with Crippen LogP contribution in [-0.4, -0.2) is 20.3 Å². The van der Waals surface area contributed by atoms with Crippen LogP contribution in [0.4, 0.5) is 5.82 Å². The molecular formula is C11H9N3O3. The number of nitro groups is 1. The second-order valence-electron chi connectivity index (χ2n) is 3.45. The molecule has 0 unspecified atom stereocenters. The lowest BCUT2D eigenvalue weighted by atomic mass is 10.1. The van der Waals surface area contributed by atoms with Crippen LogP contribution in [0.1, 0.15) is 16.2 Å². The Bertz CT molecular complexity index is 575. The van der Waals surface area contributed by atoms with Crippen molar-refractivity contribution < 1.29 is 9.72 Å². The smallest absolute Gasteiger partial charge is 0.343 e. The fourth-order valence-corrected chi connectivity index (χ4v) is 1.50. The van der Waals surface area contributed by atoms with Gasteiger partial charge in [-0.2, -0.15) is 0 Å². The summed E-state index contributed by atoms with van der Waals surface area (Å²) < 4.78 is 1.18. The van der Waals surface area contributed by atoms with E-state index in [0.29, 0.717) is 5.56 Å². The normalized spacial score (nSPS) is 10.2. The zero-order valence-electron chi connectivity index (χ0n) is 9.03. The van der Waals surface area contributed by atoms with E-state index in [2.05, 4.69) is 4.98 Å². The molecule has 86 valence electrons. The standard InChI is InChI=1S/C11H9N3O3/c1-13-9(14(16)17)7-12-11(13)10(15)8-5-3-2-4-6-8/h2-7H,1H3. The minimum absolute atomic E-state index is 0.0582. The van der Waals surface area contributed by atoms with E-state index in [9.17, 15) is 14.9 Å². The predicted molar refractivity (Wildman–Crippen MR) is 59.7 cm³/mol. The molecule has 0 atom stereocenters. The first-order valence-corrected chi connectivity index (χ1v) is 4.87. The van der Waals surface area contributed by atoms with Crippen molar-refractivity contribution in [2.75, 3.05) is 0 Å². The van der Waals surface area contributed by atoms with Gasteiger partial charge >= 0.3 is 5.82 Å². The molecule has 6 heteroatoms. The van der Waals surface area contributed by atoms with Gasteiger partial charge in [0, 0.05) is 5.56 Å². The lowest BCUT2D eigenvalue weighted by Gasteiger charge is -1.98. The maximum atomic E-state index is 12.0. The number of aromatic nitrogens is 2. The molecule has 0 saturated carbocycles. The SMILES string of the molecule is Cn1c([N+](=O)[O-])cnc1C(=O)c1ccccc1. The van der Waals surface area contributed by atoms with Crippen molar-refractivity contribution in [1.29, 1.82) is 0 Å². The molecule has 0 saturated heterocycles. The summed E-state index contributed by atoms with van der Waals surface area (Å²) in [5.74, 6) is -0.478. The first-order chi connectivity index (χ1) is 8.11. The Kier molecular flexibility index (Phi) is 2.70. The molecule has 17 heavy (non-hydrogen) atoms. The van der Waals surface area contributed by atoms with Gasteiger partial charge in [0.1, 0.15) is 6.20 Å². The highest BCUT2D eigenvalue weighted by Gasteiger charge is 2.23. The molecule has 0 bridgehead atoms. The van der Waals surface area contributed by atoms with Gasteiger partial charge in [-0.05, 0) is 4.92 Å². The van der Waals surface area contributed by atoms with Crippen LogP contribution in [0.15, 0.2) is 36.5 Å². The Labute approximate surface area is 96.7 Å². The molecule has 0 aliphatic rings. The monoisotopic (exact) mass is 231 g/mol. The number of imidazole rings is 1. The molecule has 1 heterocycles. The average Bonchev–Trinajstić information content (AvgIpc) is 2.71. The van der Waals surface area contributed by atoms with Crippen molar-refractivity contribution in [3.05, 3.63) is 58.0 Å². The number of hydrogen-bond donors (Lipinski definition) is 0. The molecule has 0 amide bonds. The van der Waals surface area contributed by atoms with E-state index in [0.717, 1.165) is 6.20 Å². The highest BCUT2D eigenvalue weighted by Crippen LogP contribution is 2.14. The summed E-state index contributed by atoms with van der Waals surface area (Å²) in [5.41, 5.74) is 0.455. The van der Waals surface area contributed by atoms with Crippen molar-refractivity contribution in [2.24, 2.45) is 7.05 Å². The molecule has 1 aromatic carbocycles. The summed E-state index contributed by atoms with van der Waals surface area (Å²) in [4.78, 5) is 25.8. The van der Waals surface area contributed by atoms with Crippen LogP contribution in [0.5, 0.6) is 0 Å². The number of hydrogen-bond acceptors (Lipinski definition) is 4. The number of ketones is 1. The van der Waals surface area contributed by atoms with Gasteiger partial charge in [-0.1, -0.05) is 30.3 Å². The van der Waals surface area contributed by atoms with E-state index in [4.69, 9.17) is 0 Å². The molecule has 0 fully saturated rings. The molecule has 0 N–H and O–H groups in total. The Balaban J connectivity index is 2.42. The molecule has 0 aliphatic heterocycles. The fourth-order valence-electron chi connectivity index (χ4n) is 1.50. The van der Waals surface area contributed by atoms with Gasteiger partial charge in [0.2, 0.25) is 0 Å². The lowest BCUT2D eigenvalue weighted by Crippen LogP contribution is -2.10. The third-order valence-corrected chi connectivity index (χ3v) is 2.39. The van der Waals surface area contributed by atoms with Crippen molar-refractivity contribution in [1.82, 2.24) is 9.55 Å². The number of carbonyl (C=O) groups excluding carboxylic acids is 1. The molecule has 0 aliphatic carbocycles. The third-order valence-electron chi connectivity index (χ3n) is 2.39. The van der Waals surface area contributed by atoms with Gasteiger partial charge in [-0.15, -0.1) is 0 Å². The topological polar surface area (TPSA) is 78.0 Å². The summed E-state index contributed by atoms with van der Waals surface area (Å²) in [7, 11) is 1.45. The number of benzene rings is 1. The lowest BCUT2D eigenvalue weighted by molar-refractivity contribution is -0.391. The summed E-state index contributed by atoms with van der Waals surface area (Å²) in [6.07, 6.45) is 1.08. The van der Waals surface area contributed by atoms with E-state index in [-0.39, 0.29) is 17.4 Å². The van der Waals surface area contributed by atoms with Gasteiger partial charge < -0.3 is 10.1 Å². The highest BCUT2D eigenvalue weighted by molar-refractivity contribution is 6.06. The minimum Gasteiger partial charge on any atom is -0.358 e. The molecule has 0 spiro atoms. The Morgan fingerprint density at radius 3 is 2.53 bits per heavy atom. The maximum absolute atomic E-state index is 12.0. The van der Waals surface area contributed by atoms with E-state index in [1.807, 2.05) is 0 Å². The maximum Gasteiger partial charge on any atom is 0.343 e. The number of carbonyl (C=O) groups is 1. The molecular weight excluding hydrogens is 222 g/mol. The molecule has 6 nitrogen and oxygen atoms in total. The Morgan fingerprint density at radius 1 is 1.35 bits per heavy atom. The molecule has 1 aromatic heterocycles. The van der Waals surface area contributed by atoms with Crippen molar-refractivity contribution in [3.63, 3.8) is 0 Å². The van der Waals surface area contributed by atoms with Crippen LogP contribution in [0.3, 0.4) is 0 Å². The minimum atomic E-state index is -0.575. The Morgan fingerprint density at radius 2 is 2.00 bits per heavy atom. The van der Waals surface area contributed by atoms with Crippen LogP contribution >= 0.6 is 0 Å². The second-order valence-corrected chi connectivity index (χ2v) is 3.45. The summed E-state index contributed by atoms with van der Waals surface area (Å²) in [6.45, 7) is 0. The number of nitrogens with zero attached hydrogens (tertiary/aromatic N) is 3. The zero-order chi connectivity index (χ0) is 12.4. The van der Waals surface area contributed by atoms with Gasteiger partial charge in [0.05, 0.1) is 7.05 Å². The van der Waals surface area contributed by atoms with E-state index in [1.54, 1.807) is 30.3 Å². The first kappa shape index (κ1) is 11.0. The fraction of sp³-hybridized carbons (Fsp3) is 0.0909. The summed E-state index contributed by atoms with van der Waals surface area (Å²) in [5, 5.41) is 10.6. The van der Waals surface area contributed by atoms with Crippen LogP contribution < -0.4 is 0 Å². The average molecular weight is 231 g/mol. The molecule has 2 rings (SSSR count). The van der Waals surface area contributed by atoms with E-state index >= 15 is 0 Å². The van der Waals surface area contributed by atoms with Gasteiger partial charge in [0.15, 0.2) is 0 Å². The largest absolute Gasteiger partial charge is 0.358 e. The van der Waals surface area contributed by atoms with Gasteiger partial charge in [0.25, 0.3) is 11.6 Å². The quantitative estimate of drug-likeness (QED) is 0.456. The first-order valence-electron chi connectivity index (χ1n) is 4.87. The second kappa shape index (κ2) is 4.17. The third kappa shape index (κ3) is 1.92. The van der Waals surface area contributed by atoms with Crippen molar-refractivity contribution >= 4 is 11.6 Å². The predicted octanol–water partition coefficient (Wildman–Crippen LogP) is 1.56. The van der Waals surface area contributed by atoms with Crippen LogP contribution in [0, 0.1) is 10.1 Å². The summed E-state index contributed by atoms with van der Waals surface area (Å²) in [6, 6.07) is 8.53. The Hall–Kier alpha value is -2.50. The van der Waals surface area contributed by atoms with Gasteiger partial charge in [-0.25, -0.2) is 9.55 Å². The number of rotatable bonds is 3. The van der Waals surface area contributed by atoms with Crippen LogP contribution in [-0.2, 0) is 7.05 Å². The van der Waals surface area contributed by atoms with Crippen molar-refractivity contribution in [2.45, 2.75) is 0 Å².